The van der Waals surface area contributed by atoms with Crippen molar-refractivity contribution in [3.05, 3.63) is 34.6 Å². The Labute approximate surface area is 139 Å². The third-order valence-electron chi connectivity index (χ3n) is 6.27. The number of ketones is 1. The fourth-order valence-corrected chi connectivity index (χ4v) is 5.88. The zero-order chi connectivity index (χ0) is 16.4. The lowest BCUT2D eigenvalue weighted by Crippen LogP contribution is -2.36. The summed E-state index contributed by atoms with van der Waals surface area (Å²) in [5.41, 5.74) is 1.21. The second-order valence-electron chi connectivity index (χ2n) is 7.52. The molecule has 2 fully saturated rings. The molecule has 23 heavy (non-hydrogen) atoms. The minimum atomic E-state index is -0.203. The third-order valence-corrected chi connectivity index (χ3v) is 7.76. The smallest absolute Gasteiger partial charge is 0.280 e. The number of rotatable bonds is 2. The van der Waals surface area contributed by atoms with Crippen molar-refractivity contribution in [2.45, 2.75) is 43.9 Å². The second-order valence-corrected chi connectivity index (χ2v) is 8.61. The zero-order valence-corrected chi connectivity index (χ0v) is 14.4. The second kappa shape index (κ2) is 4.69. The molecule has 0 unspecified atom stereocenters. The largest absolute Gasteiger partial charge is 0.318 e. The van der Waals surface area contributed by atoms with Crippen LogP contribution in [0.5, 0.6) is 0 Å². The Hall–Kier alpha value is -1.62. The van der Waals surface area contributed by atoms with Crippen LogP contribution in [0, 0.1) is 16.7 Å². The van der Waals surface area contributed by atoms with Gasteiger partial charge in [0.15, 0.2) is 5.03 Å². The van der Waals surface area contributed by atoms with Crippen molar-refractivity contribution >= 4 is 28.6 Å². The number of nitrogens with one attached hydrogen (secondary N) is 1. The first-order valence-corrected chi connectivity index (χ1v) is 8.92. The maximum Gasteiger partial charge on any atom is 0.280 e. The van der Waals surface area contributed by atoms with Crippen LogP contribution in [0.15, 0.2) is 34.1 Å². The highest BCUT2D eigenvalue weighted by atomic mass is 32.2. The van der Waals surface area contributed by atoms with Crippen LogP contribution >= 0.6 is 11.8 Å². The van der Waals surface area contributed by atoms with Crippen LogP contribution in [0.1, 0.15) is 33.6 Å². The van der Waals surface area contributed by atoms with Crippen molar-refractivity contribution in [3.63, 3.8) is 0 Å². The molecule has 1 N–H and O–H groups in total. The molecule has 0 radical (unpaired) electrons. The predicted octanol–water partition coefficient (Wildman–Crippen LogP) is 3.41. The molecule has 2 aliphatic rings. The lowest BCUT2D eigenvalue weighted by Gasteiger charge is -2.37. The molecule has 0 amide bonds. The summed E-state index contributed by atoms with van der Waals surface area (Å²) in [6.45, 7) is 6.59. The van der Waals surface area contributed by atoms with Gasteiger partial charge in [-0.05, 0) is 35.8 Å². The third kappa shape index (κ3) is 1.89. The van der Waals surface area contributed by atoms with E-state index in [4.69, 9.17) is 0 Å². The summed E-state index contributed by atoms with van der Waals surface area (Å²) in [4.78, 5) is 32.5. The van der Waals surface area contributed by atoms with Gasteiger partial charge in [0, 0.05) is 5.92 Å². The molecular weight excluding hydrogens is 308 g/mol. The van der Waals surface area contributed by atoms with Gasteiger partial charge in [-0.25, -0.2) is 4.98 Å². The number of hydrogen-bond donors (Lipinski definition) is 1. The van der Waals surface area contributed by atoms with Crippen LogP contribution in [0.3, 0.4) is 0 Å². The van der Waals surface area contributed by atoms with Gasteiger partial charge >= 0.3 is 0 Å². The minimum Gasteiger partial charge on any atom is -0.318 e. The van der Waals surface area contributed by atoms with Crippen LogP contribution in [-0.2, 0) is 4.79 Å². The Kier molecular flexibility index (Phi) is 3.05. The van der Waals surface area contributed by atoms with E-state index in [1.807, 2.05) is 24.3 Å². The Morgan fingerprint density at radius 1 is 1.22 bits per heavy atom. The van der Waals surface area contributed by atoms with E-state index in [-0.39, 0.29) is 27.6 Å². The molecule has 120 valence electrons. The molecule has 5 heteroatoms. The highest BCUT2D eigenvalue weighted by Crippen LogP contribution is 2.66. The Bertz CT molecular complexity index is 873. The van der Waals surface area contributed by atoms with E-state index < -0.39 is 0 Å². The van der Waals surface area contributed by atoms with Gasteiger partial charge in [-0.15, -0.1) is 0 Å². The van der Waals surface area contributed by atoms with Crippen molar-refractivity contribution in [3.8, 4) is 0 Å². The highest BCUT2D eigenvalue weighted by Gasteiger charge is 2.66. The number of H-pyrrole nitrogens is 1. The summed E-state index contributed by atoms with van der Waals surface area (Å²) in [6.07, 6.45) is 2.01. The first kappa shape index (κ1) is 14.9. The molecule has 2 saturated carbocycles. The first-order chi connectivity index (χ1) is 10.8. The Morgan fingerprint density at radius 2 is 1.96 bits per heavy atom. The van der Waals surface area contributed by atoms with E-state index in [0.717, 1.165) is 23.9 Å². The number of carbonyl (C=O) groups is 1. The van der Waals surface area contributed by atoms with Gasteiger partial charge in [-0.1, -0.05) is 44.7 Å². The van der Waals surface area contributed by atoms with Crippen LogP contribution in [-0.4, -0.2) is 21.0 Å². The molecule has 1 heterocycles. The van der Waals surface area contributed by atoms with Crippen molar-refractivity contribution in [2.75, 3.05) is 0 Å². The van der Waals surface area contributed by atoms with Gasteiger partial charge in [-0.2, -0.15) is 0 Å². The van der Waals surface area contributed by atoms with Crippen LogP contribution < -0.4 is 5.56 Å². The lowest BCUT2D eigenvalue weighted by molar-refractivity contribution is -0.122. The monoisotopic (exact) mass is 328 g/mol. The molecule has 3 atom stereocenters. The van der Waals surface area contributed by atoms with Crippen molar-refractivity contribution in [1.82, 2.24) is 9.97 Å². The van der Waals surface area contributed by atoms with E-state index in [1.165, 1.54) is 11.8 Å². The summed E-state index contributed by atoms with van der Waals surface area (Å²) >= 11 is 1.36. The van der Waals surface area contributed by atoms with Crippen LogP contribution in [0.4, 0.5) is 0 Å². The molecule has 2 aromatic rings. The van der Waals surface area contributed by atoms with Gasteiger partial charge in [-0.3, -0.25) is 9.59 Å². The number of Topliss-reactive ketones (excluding diaryl/α,β-unsaturated/α-hetero) is 1. The van der Waals surface area contributed by atoms with Crippen molar-refractivity contribution < 1.29 is 4.79 Å². The topological polar surface area (TPSA) is 62.8 Å². The summed E-state index contributed by atoms with van der Waals surface area (Å²) < 4.78 is 0. The standard InChI is InChI=1S/C18H20N2O2S/c1-17(2)10-8-9-18(17,3)14(13(10)21)23-16-15(22)19-11-6-4-5-7-12(11)20-16/h4-7,10,14H,8-9H2,1-3H3,(H,19,22)/t10-,14-,18-/m1/s1. The summed E-state index contributed by atoms with van der Waals surface area (Å²) in [5.74, 6) is 0.410. The molecule has 2 bridgehead atoms. The summed E-state index contributed by atoms with van der Waals surface area (Å²) in [7, 11) is 0. The van der Waals surface area contributed by atoms with Crippen molar-refractivity contribution in [2.24, 2.45) is 16.7 Å². The van der Waals surface area contributed by atoms with Gasteiger partial charge < -0.3 is 4.98 Å². The first-order valence-electron chi connectivity index (χ1n) is 8.04. The van der Waals surface area contributed by atoms with E-state index in [2.05, 4.69) is 30.7 Å². The van der Waals surface area contributed by atoms with E-state index in [1.54, 1.807) is 0 Å². The predicted molar refractivity (Wildman–Crippen MR) is 91.6 cm³/mol. The summed E-state index contributed by atoms with van der Waals surface area (Å²) in [6, 6.07) is 7.49. The molecule has 1 aromatic heterocycles. The van der Waals surface area contributed by atoms with Gasteiger partial charge in [0.25, 0.3) is 5.56 Å². The SMILES string of the molecule is CC1(C)[C@@H]2CC[C@]1(C)[C@H](Sc1nc3ccccc3[nH]c1=O)C2=O. The molecule has 4 nitrogen and oxygen atoms in total. The van der Waals surface area contributed by atoms with Gasteiger partial charge in [0.05, 0.1) is 16.3 Å². The van der Waals surface area contributed by atoms with Gasteiger partial charge in [0.1, 0.15) is 5.78 Å². The molecule has 0 saturated heterocycles. The highest BCUT2D eigenvalue weighted by molar-refractivity contribution is 8.00. The number of hydrogen-bond acceptors (Lipinski definition) is 4. The average Bonchev–Trinajstić information content (AvgIpc) is 2.81. The van der Waals surface area contributed by atoms with E-state index in [9.17, 15) is 9.59 Å². The van der Waals surface area contributed by atoms with E-state index in [0.29, 0.717) is 10.8 Å². The lowest BCUT2D eigenvalue weighted by atomic mass is 9.71. The molecule has 1 aromatic carbocycles. The van der Waals surface area contributed by atoms with Gasteiger partial charge in [0.2, 0.25) is 0 Å². The van der Waals surface area contributed by atoms with Crippen LogP contribution in [0.2, 0.25) is 0 Å². The number of benzene rings is 1. The van der Waals surface area contributed by atoms with Crippen LogP contribution in [0.25, 0.3) is 11.0 Å². The average molecular weight is 328 g/mol. The zero-order valence-electron chi connectivity index (χ0n) is 13.6. The molecule has 0 aliphatic heterocycles. The normalized spacial score (nSPS) is 31.9. The molecule has 4 rings (SSSR count). The Balaban J connectivity index is 1.76. The number of aromatic amines is 1. The van der Waals surface area contributed by atoms with E-state index >= 15 is 0 Å². The number of thioether (sulfide) groups is 1. The molecule has 2 aliphatic carbocycles. The fraction of sp³-hybridized carbons (Fsp3) is 0.500. The quantitative estimate of drug-likeness (QED) is 0.917. The molecule has 0 spiro atoms. The number of carbonyl (C=O) groups excluding carboxylic acids is 1. The number of aromatic nitrogens is 2. The maximum absolute atomic E-state index is 12.8. The number of para-hydroxylation sites is 2. The fourth-order valence-electron chi connectivity index (χ4n) is 4.38. The number of nitrogens with zero attached hydrogens (tertiary/aromatic N) is 1. The maximum atomic E-state index is 12.8. The number of fused-ring (bicyclic) bond motifs is 3. The molecular formula is C18H20N2O2S. The minimum absolute atomic E-state index is 0.00857. The Morgan fingerprint density at radius 3 is 2.65 bits per heavy atom. The summed E-state index contributed by atoms with van der Waals surface area (Å²) in [5, 5.41) is 0.234. The van der Waals surface area contributed by atoms with Crippen molar-refractivity contribution in [1.29, 1.82) is 0 Å².